The average molecular weight is 402 g/mol. The summed E-state index contributed by atoms with van der Waals surface area (Å²) < 4.78 is 5.50. The van der Waals surface area contributed by atoms with E-state index in [0.717, 1.165) is 47.6 Å². The largest absolute Gasteiger partial charge is 0.496 e. The van der Waals surface area contributed by atoms with Crippen LogP contribution in [0.2, 0.25) is 0 Å². The number of carbonyl (C=O) groups is 1. The smallest absolute Gasteiger partial charge is 0.224 e. The van der Waals surface area contributed by atoms with Crippen LogP contribution in [0.4, 0.5) is 0 Å². The molecule has 1 atom stereocenters. The number of carbonyl (C=O) groups excluding carboxylic acids is 1. The Kier molecular flexibility index (Phi) is 6.40. The number of benzene rings is 2. The molecule has 30 heavy (non-hydrogen) atoms. The van der Waals surface area contributed by atoms with E-state index in [2.05, 4.69) is 51.6 Å². The van der Waals surface area contributed by atoms with Crippen molar-refractivity contribution in [3.63, 3.8) is 0 Å². The number of nitrogens with zero attached hydrogens (tertiary/aromatic N) is 2. The maximum atomic E-state index is 12.7. The van der Waals surface area contributed by atoms with Crippen molar-refractivity contribution in [1.82, 2.24) is 15.2 Å². The van der Waals surface area contributed by atoms with Crippen LogP contribution in [-0.2, 0) is 17.8 Å². The monoisotopic (exact) mass is 401 g/mol. The highest BCUT2D eigenvalue weighted by molar-refractivity contribution is 5.79. The number of amides is 1. The number of rotatable bonds is 6. The molecular formula is C25H27N3O2. The first-order chi connectivity index (χ1) is 14.7. The van der Waals surface area contributed by atoms with Crippen LogP contribution in [-0.4, -0.2) is 42.5 Å². The van der Waals surface area contributed by atoms with Gasteiger partial charge in [0.25, 0.3) is 0 Å². The van der Waals surface area contributed by atoms with Gasteiger partial charge in [-0.05, 0) is 35.2 Å². The first-order valence-electron chi connectivity index (χ1n) is 10.3. The summed E-state index contributed by atoms with van der Waals surface area (Å²) in [4.78, 5) is 19.3. The fourth-order valence-corrected chi connectivity index (χ4v) is 4.04. The van der Waals surface area contributed by atoms with E-state index in [1.807, 2.05) is 30.5 Å². The van der Waals surface area contributed by atoms with Crippen molar-refractivity contribution >= 4 is 5.91 Å². The Morgan fingerprint density at radius 3 is 2.80 bits per heavy atom. The molecule has 2 aromatic carbocycles. The molecule has 1 unspecified atom stereocenters. The van der Waals surface area contributed by atoms with Crippen LogP contribution >= 0.6 is 0 Å². The lowest BCUT2D eigenvalue weighted by atomic mass is 9.95. The molecule has 0 bridgehead atoms. The molecule has 3 aromatic rings. The SMILES string of the molecule is COc1ccccc1CN1CCNC(=O)C(Cc2cccc(-c3cccnc3)c2)C1. The molecule has 1 amide bonds. The van der Waals surface area contributed by atoms with Crippen LogP contribution < -0.4 is 10.1 Å². The van der Waals surface area contributed by atoms with E-state index in [-0.39, 0.29) is 11.8 Å². The van der Waals surface area contributed by atoms with Gasteiger partial charge in [0.2, 0.25) is 5.91 Å². The predicted octanol–water partition coefficient (Wildman–Crippen LogP) is 3.55. The molecule has 1 saturated heterocycles. The van der Waals surface area contributed by atoms with E-state index in [1.54, 1.807) is 13.3 Å². The Morgan fingerprint density at radius 2 is 1.97 bits per heavy atom. The maximum absolute atomic E-state index is 12.7. The minimum atomic E-state index is -0.0913. The molecule has 0 radical (unpaired) electrons. The van der Waals surface area contributed by atoms with E-state index in [1.165, 1.54) is 0 Å². The van der Waals surface area contributed by atoms with Crippen LogP contribution in [0, 0.1) is 5.92 Å². The molecule has 1 fully saturated rings. The lowest BCUT2D eigenvalue weighted by Crippen LogP contribution is -2.33. The van der Waals surface area contributed by atoms with Crippen LogP contribution in [0.3, 0.4) is 0 Å². The standard InChI is InChI=1S/C25H27N3O2/c1-30-24-10-3-2-7-22(24)17-28-13-12-27-25(29)23(18-28)15-19-6-4-8-20(14-19)21-9-5-11-26-16-21/h2-11,14,16,23H,12-13,15,17-18H2,1H3,(H,27,29). The molecule has 0 aliphatic carbocycles. The van der Waals surface area contributed by atoms with Crippen LogP contribution in [0.1, 0.15) is 11.1 Å². The summed E-state index contributed by atoms with van der Waals surface area (Å²) in [6.07, 6.45) is 4.36. The highest BCUT2D eigenvalue weighted by atomic mass is 16.5. The van der Waals surface area contributed by atoms with Gasteiger partial charge in [-0.15, -0.1) is 0 Å². The third-order valence-electron chi connectivity index (χ3n) is 5.57. The Balaban J connectivity index is 1.49. The topological polar surface area (TPSA) is 54.5 Å². The predicted molar refractivity (Wildman–Crippen MR) is 118 cm³/mol. The van der Waals surface area contributed by atoms with Gasteiger partial charge in [-0.3, -0.25) is 14.7 Å². The first-order valence-corrected chi connectivity index (χ1v) is 10.3. The third kappa shape index (κ3) is 4.86. The summed E-state index contributed by atoms with van der Waals surface area (Å²) in [6.45, 7) is 2.99. The molecule has 0 saturated carbocycles. The second-order valence-electron chi connectivity index (χ2n) is 7.68. The minimum absolute atomic E-state index is 0.0913. The van der Waals surface area contributed by atoms with Crippen molar-refractivity contribution in [1.29, 1.82) is 0 Å². The lowest BCUT2D eigenvalue weighted by molar-refractivity contribution is -0.124. The van der Waals surface area contributed by atoms with E-state index in [9.17, 15) is 4.79 Å². The number of methoxy groups -OCH3 is 1. The Labute approximate surface area is 177 Å². The van der Waals surface area contributed by atoms with Gasteiger partial charge >= 0.3 is 0 Å². The van der Waals surface area contributed by atoms with Gasteiger partial charge in [0.05, 0.1) is 13.0 Å². The van der Waals surface area contributed by atoms with Crippen molar-refractivity contribution in [3.8, 4) is 16.9 Å². The molecule has 1 aliphatic heterocycles. The average Bonchev–Trinajstić information content (AvgIpc) is 2.96. The number of aromatic nitrogens is 1. The summed E-state index contributed by atoms with van der Waals surface area (Å²) in [6, 6.07) is 20.5. The maximum Gasteiger partial charge on any atom is 0.224 e. The Hall–Kier alpha value is -3.18. The number of ether oxygens (including phenoxy) is 1. The quantitative estimate of drug-likeness (QED) is 0.686. The van der Waals surface area contributed by atoms with Gasteiger partial charge in [0, 0.05) is 44.1 Å². The molecule has 2 heterocycles. The highest BCUT2D eigenvalue weighted by Crippen LogP contribution is 2.23. The lowest BCUT2D eigenvalue weighted by Gasteiger charge is -2.24. The molecule has 5 heteroatoms. The fraction of sp³-hybridized carbons (Fsp3) is 0.280. The Morgan fingerprint density at radius 1 is 1.10 bits per heavy atom. The van der Waals surface area contributed by atoms with Crippen molar-refractivity contribution in [2.45, 2.75) is 13.0 Å². The normalized spacial score (nSPS) is 17.2. The second kappa shape index (κ2) is 9.55. The zero-order valence-corrected chi connectivity index (χ0v) is 17.3. The van der Waals surface area contributed by atoms with Crippen molar-refractivity contribution < 1.29 is 9.53 Å². The molecule has 1 N–H and O–H groups in total. The van der Waals surface area contributed by atoms with E-state index >= 15 is 0 Å². The molecule has 1 aromatic heterocycles. The molecular weight excluding hydrogens is 374 g/mol. The van der Waals surface area contributed by atoms with Gasteiger partial charge in [0.1, 0.15) is 5.75 Å². The zero-order chi connectivity index (χ0) is 20.8. The van der Waals surface area contributed by atoms with Gasteiger partial charge in [-0.25, -0.2) is 0 Å². The number of pyridine rings is 1. The first kappa shape index (κ1) is 20.1. The van der Waals surface area contributed by atoms with Crippen LogP contribution in [0.25, 0.3) is 11.1 Å². The zero-order valence-electron chi connectivity index (χ0n) is 17.3. The highest BCUT2D eigenvalue weighted by Gasteiger charge is 2.25. The number of hydrogen-bond acceptors (Lipinski definition) is 4. The van der Waals surface area contributed by atoms with Crippen molar-refractivity contribution in [3.05, 3.63) is 84.2 Å². The van der Waals surface area contributed by atoms with Gasteiger partial charge in [-0.1, -0.05) is 48.5 Å². The summed E-state index contributed by atoms with van der Waals surface area (Å²) >= 11 is 0. The number of para-hydroxylation sites is 1. The minimum Gasteiger partial charge on any atom is -0.496 e. The summed E-state index contributed by atoms with van der Waals surface area (Å²) in [5, 5.41) is 3.08. The fourth-order valence-electron chi connectivity index (χ4n) is 4.04. The van der Waals surface area contributed by atoms with Crippen LogP contribution in [0.15, 0.2) is 73.1 Å². The van der Waals surface area contributed by atoms with Gasteiger partial charge in [0.15, 0.2) is 0 Å². The molecule has 5 nitrogen and oxygen atoms in total. The summed E-state index contributed by atoms with van der Waals surface area (Å²) in [5.74, 6) is 0.928. The Bertz CT molecular complexity index is 990. The molecule has 1 aliphatic rings. The summed E-state index contributed by atoms with van der Waals surface area (Å²) in [5.41, 5.74) is 4.52. The van der Waals surface area contributed by atoms with E-state index < -0.39 is 0 Å². The molecule has 4 rings (SSSR count). The van der Waals surface area contributed by atoms with E-state index in [0.29, 0.717) is 13.0 Å². The molecule has 0 spiro atoms. The second-order valence-corrected chi connectivity index (χ2v) is 7.68. The van der Waals surface area contributed by atoms with Crippen LogP contribution in [0.5, 0.6) is 5.75 Å². The molecule has 154 valence electrons. The van der Waals surface area contributed by atoms with E-state index in [4.69, 9.17) is 4.74 Å². The van der Waals surface area contributed by atoms with Crippen molar-refractivity contribution in [2.75, 3.05) is 26.7 Å². The van der Waals surface area contributed by atoms with Gasteiger partial charge in [-0.2, -0.15) is 0 Å². The summed E-state index contributed by atoms with van der Waals surface area (Å²) in [7, 11) is 1.70. The number of nitrogens with one attached hydrogen (secondary N) is 1. The van der Waals surface area contributed by atoms with Gasteiger partial charge < -0.3 is 10.1 Å². The number of hydrogen-bond donors (Lipinski definition) is 1. The van der Waals surface area contributed by atoms with Crippen molar-refractivity contribution in [2.24, 2.45) is 5.92 Å². The third-order valence-corrected chi connectivity index (χ3v) is 5.57.